The Morgan fingerprint density at radius 2 is 2.00 bits per heavy atom. The molecule has 3 N–H and O–H groups in total. The lowest BCUT2D eigenvalue weighted by Crippen LogP contribution is -2.34. The van der Waals surface area contributed by atoms with Gasteiger partial charge in [-0.25, -0.2) is 0 Å². The number of nitrogens with zero attached hydrogens (tertiary/aromatic N) is 1. The molecule has 142 valence electrons. The molecule has 0 fully saturated rings. The predicted molar refractivity (Wildman–Crippen MR) is 104 cm³/mol. The van der Waals surface area contributed by atoms with Gasteiger partial charge in [-0.05, 0) is 49.4 Å². The van der Waals surface area contributed by atoms with E-state index in [9.17, 15) is 9.59 Å². The first kappa shape index (κ1) is 17.6. The van der Waals surface area contributed by atoms with Crippen molar-refractivity contribution in [2.24, 2.45) is 0 Å². The van der Waals surface area contributed by atoms with Crippen LogP contribution in [-0.4, -0.2) is 35.2 Å². The van der Waals surface area contributed by atoms with Gasteiger partial charge in [0, 0.05) is 11.3 Å². The Hall–Kier alpha value is -3.81. The summed E-state index contributed by atoms with van der Waals surface area (Å²) >= 11 is 0. The summed E-state index contributed by atoms with van der Waals surface area (Å²) in [6.45, 7) is 1.67. The Kier molecular flexibility index (Phi) is 4.44. The monoisotopic (exact) mass is 378 g/mol. The molecule has 8 nitrogen and oxygen atoms in total. The zero-order chi connectivity index (χ0) is 19.7. The SMILES string of the molecule is COc1ccc(-c2[nH]ncc2C(=O)Nc2ccc3c(c2)NC(=O)[C@H](C)O3)cc1. The molecule has 2 amide bonds. The Morgan fingerprint density at radius 1 is 1.21 bits per heavy atom. The van der Waals surface area contributed by atoms with Crippen LogP contribution < -0.4 is 20.1 Å². The van der Waals surface area contributed by atoms with Crippen molar-refractivity contribution in [1.82, 2.24) is 10.2 Å². The maximum Gasteiger partial charge on any atom is 0.265 e. The van der Waals surface area contributed by atoms with Crippen LogP contribution in [0.5, 0.6) is 11.5 Å². The van der Waals surface area contributed by atoms with Gasteiger partial charge in [-0.15, -0.1) is 0 Å². The molecular weight excluding hydrogens is 360 g/mol. The second kappa shape index (κ2) is 7.07. The van der Waals surface area contributed by atoms with Gasteiger partial charge in [-0.2, -0.15) is 5.10 Å². The van der Waals surface area contributed by atoms with Crippen molar-refractivity contribution in [3.05, 3.63) is 54.2 Å². The van der Waals surface area contributed by atoms with Gasteiger partial charge in [0.05, 0.1) is 30.3 Å². The number of H-pyrrole nitrogens is 1. The van der Waals surface area contributed by atoms with Gasteiger partial charge in [0.25, 0.3) is 11.8 Å². The van der Waals surface area contributed by atoms with Crippen LogP contribution in [0.2, 0.25) is 0 Å². The first-order valence-electron chi connectivity index (χ1n) is 8.66. The average Bonchev–Trinajstić information content (AvgIpc) is 3.19. The van der Waals surface area contributed by atoms with E-state index in [0.717, 1.165) is 11.3 Å². The third-order valence-electron chi connectivity index (χ3n) is 4.43. The molecule has 0 spiro atoms. The number of anilines is 2. The summed E-state index contributed by atoms with van der Waals surface area (Å²) in [6.07, 6.45) is 0.922. The second-order valence-corrected chi connectivity index (χ2v) is 6.30. The number of fused-ring (bicyclic) bond motifs is 1. The van der Waals surface area contributed by atoms with Crippen LogP contribution in [0.15, 0.2) is 48.7 Å². The van der Waals surface area contributed by atoms with Crippen LogP contribution >= 0.6 is 0 Å². The smallest absolute Gasteiger partial charge is 0.265 e. The number of carbonyl (C=O) groups is 2. The minimum atomic E-state index is -0.550. The molecule has 1 aliphatic rings. The first-order valence-corrected chi connectivity index (χ1v) is 8.66. The summed E-state index contributed by atoms with van der Waals surface area (Å²) < 4.78 is 10.7. The number of carbonyl (C=O) groups excluding carboxylic acids is 2. The summed E-state index contributed by atoms with van der Waals surface area (Å²) in [5.41, 5.74) is 2.86. The molecule has 0 saturated carbocycles. The summed E-state index contributed by atoms with van der Waals surface area (Å²) in [7, 11) is 1.59. The third kappa shape index (κ3) is 3.27. The maximum atomic E-state index is 12.8. The molecule has 0 aliphatic carbocycles. The predicted octanol–water partition coefficient (Wildman–Crippen LogP) is 3.06. The number of amides is 2. The van der Waals surface area contributed by atoms with Crippen LogP contribution in [0, 0.1) is 0 Å². The van der Waals surface area contributed by atoms with Crippen LogP contribution in [0.3, 0.4) is 0 Å². The maximum absolute atomic E-state index is 12.8. The second-order valence-electron chi connectivity index (χ2n) is 6.30. The van der Waals surface area contributed by atoms with E-state index < -0.39 is 6.10 Å². The fourth-order valence-electron chi connectivity index (χ4n) is 2.92. The molecule has 8 heteroatoms. The summed E-state index contributed by atoms with van der Waals surface area (Å²) in [5.74, 6) is 0.734. The minimum Gasteiger partial charge on any atom is -0.497 e. The van der Waals surface area contributed by atoms with Crippen molar-refractivity contribution in [1.29, 1.82) is 0 Å². The first-order chi connectivity index (χ1) is 13.5. The molecule has 2 aromatic carbocycles. The van der Waals surface area contributed by atoms with Crippen molar-refractivity contribution in [2.75, 3.05) is 17.7 Å². The fraction of sp³-hybridized carbons (Fsp3) is 0.150. The summed E-state index contributed by atoms with van der Waals surface area (Å²) in [6, 6.07) is 12.4. The van der Waals surface area contributed by atoms with Crippen molar-refractivity contribution in [2.45, 2.75) is 13.0 Å². The van der Waals surface area contributed by atoms with Crippen molar-refractivity contribution in [3.63, 3.8) is 0 Å². The molecule has 1 aliphatic heterocycles. The highest BCUT2D eigenvalue weighted by molar-refractivity contribution is 6.08. The lowest BCUT2D eigenvalue weighted by Gasteiger charge is -2.23. The molecular formula is C20H18N4O4. The van der Waals surface area contributed by atoms with Gasteiger partial charge in [-0.1, -0.05) is 0 Å². The molecule has 1 aromatic heterocycles. The number of rotatable bonds is 4. The van der Waals surface area contributed by atoms with E-state index in [-0.39, 0.29) is 11.8 Å². The largest absolute Gasteiger partial charge is 0.497 e. The fourth-order valence-corrected chi connectivity index (χ4v) is 2.92. The van der Waals surface area contributed by atoms with E-state index in [1.54, 1.807) is 32.2 Å². The Morgan fingerprint density at radius 3 is 2.75 bits per heavy atom. The van der Waals surface area contributed by atoms with Crippen molar-refractivity contribution < 1.29 is 19.1 Å². The molecule has 4 rings (SSSR count). The highest BCUT2D eigenvalue weighted by Gasteiger charge is 2.24. The number of hydrogen-bond acceptors (Lipinski definition) is 5. The van der Waals surface area contributed by atoms with Gasteiger partial charge < -0.3 is 20.1 Å². The molecule has 2 heterocycles. The van der Waals surface area contributed by atoms with Gasteiger partial charge in [0.15, 0.2) is 6.10 Å². The highest BCUT2D eigenvalue weighted by atomic mass is 16.5. The van der Waals surface area contributed by atoms with E-state index >= 15 is 0 Å². The molecule has 0 radical (unpaired) electrons. The summed E-state index contributed by atoms with van der Waals surface area (Å²) in [5, 5.41) is 12.4. The van der Waals surface area contributed by atoms with Crippen LogP contribution in [0.25, 0.3) is 11.3 Å². The number of ether oxygens (including phenoxy) is 2. The Bertz CT molecular complexity index is 1040. The van der Waals surface area contributed by atoms with E-state index in [1.165, 1.54) is 6.20 Å². The van der Waals surface area contributed by atoms with E-state index in [2.05, 4.69) is 20.8 Å². The van der Waals surface area contributed by atoms with Gasteiger partial charge in [0.1, 0.15) is 11.5 Å². The van der Waals surface area contributed by atoms with Gasteiger partial charge in [0.2, 0.25) is 0 Å². The van der Waals surface area contributed by atoms with Crippen molar-refractivity contribution in [3.8, 4) is 22.8 Å². The quantitative estimate of drug-likeness (QED) is 0.647. The molecule has 1 atom stereocenters. The molecule has 28 heavy (non-hydrogen) atoms. The topological polar surface area (TPSA) is 105 Å². The number of hydrogen-bond donors (Lipinski definition) is 3. The Labute approximate surface area is 160 Å². The molecule has 0 saturated heterocycles. The average molecular weight is 378 g/mol. The van der Waals surface area contributed by atoms with Crippen LogP contribution in [0.1, 0.15) is 17.3 Å². The van der Waals surface area contributed by atoms with E-state index in [4.69, 9.17) is 9.47 Å². The number of aromatic nitrogens is 2. The number of nitrogens with one attached hydrogen (secondary N) is 3. The summed E-state index contributed by atoms with van der Waals surface area (Å²) in [4.78, 5) is 24.5. The highest BCUT2D eigenvalue weighted by Crippen LogP contribution is 2.32. The standard InChI is InChI=1S/C20H18N4O4/c1-11-19(25)23-16-9-13(5-8-17(16)28-11)22-20(26)15-10-21-24-18(15)12-3-6-14(27-2)7-4-12/h3-11H,1-2H3,(H,21,24)(H,22,26)(H,23,25)/t11-/m0/s1. The third-order valence-corrected chi connectivity index (χ3v) is 4.43. The lowest BCUT2D eigenvalue weighted by atomic mass is 10.1. The number of aromatic amines is 1. The molecule has 0 bridgehead atoms. The minimum absolute atomic E-state index is 0.229. The van der Waals surface area contributed by atoms with Crippen molar-refractivity contribution >= 4 is 23.2 Å². The zero-order valence-corrected chi connectivity index (χ0v) is 15.3. The van der Waals surface area contributed by atoms with Crippen LogP contribution in [-0.2, 0) is 4.79 Å². The molecule has 3 aromatic rings. The van der Waals surface area contributed by atoms with E-state index in [1.807, 2.05) is 24.3 Å². The number of benzene rings is 2. The van der Waals surface area contributed by atoms with Gasteiger partial charge >= 0.3 is 0 Å². The normalized spacial score (nSPS) is 15.2. The zero-order valence-electron chi connectivity index (χ0n) is 15.3. The molecule has 0 unspecified atom stereocenters. The number of methoxy groups -OCH3 is 1. The lowest BCUT2D eigenvalue weighted by molar-refractivity contribution is -0.122. The Balaban J connectivity index is 1.56. The van der Waals surface area contributed by atoms with Gasteiger partial charge in [-0.3, -0.25) is 14.7 Å². The van der Waals surface area contributed by atoms with Crippen LogP contribution in [0.4, 0.5) is 11.4 Å². The van der Waals surface area contributed by atoms with E-state index in [0.29, 0.717) is 28.4 Å².